The number of hydrogen-bond donors (Lipinski definition) is 3. The Hall–Kier alpha value is -1.42. The summed E-state index contributed by atoms with van der Waals surface area (Å²) in [5.41, 5.74) is 7.38. The van der Waals surface area contributed by atoms with Crippen LogP contribution in [0.15, 0.2) is 18.2 Å². The fourth-order valence-corrected chi connectivity index (χ4v) is 2.25. The van der Waals surface area contributed by atoms with E-state index < -0.39 is 0 Å². The first-order valence-electron chi connectivity index (χ1n) is 6.42. The minimum atomic E-state index is -0.227. The van der Waals surface area contributed by atoms with Gasteiger partial charge in [0.25, 0.3) is 0 Å². The van der Waals surface area contributed by atoms with Gasteiger partial charge in [-0.3, -0.25) is 0 Å². The Morgan fingerprint density at radius 2 is 2.22 bits per heavy atom. The molecule has 0 saturated heterocycles. The van der Waals surface area contributed by atoms with Crippen LogP contribution in [0.4, 0.5) is 11.4 Å². The lowest BCUT2D eigenvalue weighted by Gasteiger charge is -2.49. The van der Waals surface area contributed by atoms with Crippen LogP contribution in [0.1, 0.15) is 27.2 Å². The zero-order valence-corrected chi connectivity index (χ0v) is 11.2. The summed E-state index contributed by atoms with van der Waals surface area (Å²) >= 11 is 0. The largest absolute Gasteiger partial charge is 0.492 e. The molecule has 0 aliphatic heterocycles. The Bertz CT molecular complexity index is 432. The highest BCUT2D eigenvalue weighted by atomic mass is 16.5. The number of nitrogens with two attached hydrogens (primary N) is 1. The van der Waals surface area contributed by atoms with Gasteiger partial charge in [0.2, 0.25) is 0 Å². The maximum atomic E-state index is 9.72. The van der Waals surface area contributed by atoms with Crippen LogP contribution >= 0.6 is 0 Å². The maximum absolute atomic E-state index is 9.72. The summed E-state index contributed by atoms with van der Waals surface area (Å²) < 4.78 is 5.47. The third kappa shape index (κ3) is 2.25. The summed E-state index contributed by atoms with van der Waals surface area (Å²) in [4.78, 5) is 0. The van der Waals surface area contributed by atoms with Gasteiger partial charge in [-0.25, -0.2) is 0 Å². The van der Waals surface area contributed by atoms with Gasteiger partial charge in [-0.2, -0.15) is 0 Å². The van der Waals surface area contributed by atoms with Crippen molar-refractivity contribution in [2.24, 2.45) is 5.41 Å². The summed E-state index contributed by atoms with van der Waals surface area (Å²) in [6.45, 7) is 6.67. The summed E-state index contributed by atoms with van der Waals surface area (Å²) in [6.07, 6.45) is 0.552. The topological polar surface area (TPSA) is 67.5 Å². The van der Waals surface area contributed by atoms with Crippen molar-refractivity contribution >= 4 is 11.4 Å². The molecule has 0 aromatic heterocycles. The molecule has 4 N–H and O–H groups in total. The highest BCUT2D eigenvalue weighted by Gasteiger charge is 2.47. The predicted molar refractivity (Wildman–Crippen MR) is 73.8 cm³/mol. The van der Waals surface area contributed by atoms with Crippen LogP contribution in [0, 0.1) is 5.41 Å². The summed E-state index contributed by atoms with van der Waals surface area (Å²) in [5, 5.41) is 13.2. The second-order valence-electron chi connectivity index (χ2n) is 5.46. The Labute approximate surface area is 108 Å². The van der Waals surface area contributed by atoms with Gasteiger partial charge in [0.15, 0.2) is 0 Å². The molecule has 0 amide bonds. The first kappa shape index (κ1) is 13.0. The highest BCUT2D eigenvalue weighted by molar-refractivity contribution is 5.61. The summed E-state index contributed by atoms with van der Waals surface area (Å²) in [7, 11) is 0. The Morgan fingerprint density at radius 1 is 1.50 bits per heavy atom. The Balaban J connectivity index is 2.09. The molecule has 2 rings (SSSR count). The number of aliphatic hydroxyl groups excluding tert-OH is 1. The molecule has 1 aliphatic carbocycles. The number of hydrogen-bond acceptors (Lipinski definition) is 4. The van der Waals surface area contributed by atoms with E-state index in [0.717, 1.165) is 12.1 Å². The zero-order chi connectivity index (χ0) is 13.3. The SMILES string of the molecule is CCOc1cc(NC2CC(O)C2(C)C)ccc1N. The molecule has 0 spiro atoms. The summed E-state index contributed by atoms with van der Waals surface area (Å²) in [5.74, 6) is 0.708. The standard InChI is InChI=1S/C14H22N2O2/c1-4-18-11-7-9(5-6-10(11)15)16-12-8-13(17)14(12,2)3/h5-7,12-13,16-17H,4,8,15H2,1-3H3. The number of rotatable bonds is 4. The number of benzene rings is 1. The lowest BCUT2D eigenvalue weighted by atomic mass is 9.64. The van der Waals surface area contributed by atoms with Crippen LogP contribution in [-0.4, -0.2) is 23.9 Å². The lowest BCUT2D eigenvalue weighted by molar-refractivity contribution is -0.0510. The van der Waals surface area contributed by atoms with Crippen LogP contribution in [0.25, 0.3) is 0 Å². The van der Waals surface area contributed by atoms with E-state index >= 15 is 0 Å². The quantitative estimate of drug-likeness (QED) is 0.717. The second-order valence-corrected chi connectivity index (χ2v) is 5.46. The fourth-order valence-electron chi connectivity index (χ4n) is 2.25. The van der Waals surface area contributed by atoms with Gasteiger partial charge in [-0.1, -0.05) is 13.8 Å². The molecule has 4 heteroatoms. The first-order valence-corrected chi connectivity index (χ1v) is 6.42. The molecule has 2 unspecified atom stereocenters. The van der Waals surface area contributed by atoms with E-state index in [1.54, 1.807) is 0 Å². The number of anilines is 2. The molecule has 1 aliphatic rings. The van der Waals surface area contributed by atoms with Crippen molar-refractivity contribution in [2.75, 3.05) is 17.7 Å². The first-order chi connectivity index (χ1) is 8.45. The van der Waals surface area contributed by atoms with Crippen LogP contribution < -0.4 is 15.8 Å². The number of ether oxygens (including phenoxy) is 1. The monoisotopic (exact) mass is 250 g/mol. The minimum Gasteiger partial charge on any atom is -0.492 e. The molecule has 1 saturated carbocycles. The molecule has 2 atom stereocenters. The Morgan fingerprint density at radius 3 is 2.78 bits per heavy atom. The minimum absolute atomic E-state index is 0.0901. The van der Waals surface area contributed by atoms with Gasteiger partial charge < -0.3 is 20.9 Å². The van der Waals surface area contributed by atoms with E-state index in [0.29, 0.717) is 18.0 Å². The molecular weight excluding hydrogens is 228 g/mol. The molecule has 0 heterocycles. The predicted octanol–water partition coefficient (Wildman–Crippen LogP) is 2.24. The van der Waals surface area contributed by atoms with Gasteiger partial charge in [0, 0.05) is 23.2 Å². The van der Waals surface area contributed by atoms with E-state index in [2.05, 4.69) is 19.2 Å². The molecule has 1 aromatic rings. The van der Waals surface area contributed by atoms with Gasteiger partial charge in [-0.15, -0.1) is 0 Å². The van der Waals surface area contributed by atoms with Crippen molar-refractivity contribution in [2.45, 2.75) is 39.3 Å². The van der Waals surface area contributed by atoms with E-state index in [9.17, 15) is 5.11 Å². The second kappa shape index (κ2) is 4.69. The van der Waals surface area contributed by atoms with Crippen LogP contribution in [0.2, 0.25) is 0 Å². The maximum Gasteiger partial charge on any atom is 0.144 e. The summed E-state index contributed by atoms with van der Waals surface area (Å²) in [6, 6.07) is 5.99. The van der Waals surface area contributed by atoms with Crippen molar-refractivity contribution in [3.8, 4) is 5.75 Å². The van der Waals surface area contributed by atoms with Gasteiger partial charge >= 0.3 is 0 Å². The van der Waals surface area contributed by atoms with Crippen molar-refractivity contribution in [1.82, 2.24) is 0 Å². The zero-order valence-electron chi connectivity index (χ0n) is 11.2. The van der Waals surface area contributed by atoms with Crippen LogP contribution in [-0.2, 0) is 0 Å². The lowest BCUT2D eigenvalue weighted by Crippen LogP contribution is -2.56. The number of nitrogens with one attached hydrogen (secondary N) is 1. The van der Waals surface area contributed by atoms with Gasteiger partial charge in [0.1, 0.15) is 5.75 Å². The number of nitrogen functional groups attached to an aromatic ring is 1. The smallest absolute Gasteiger partial charge is 0.144 e. The van der Waals surface area contributed by atoms with E-state index in [1.807, 2.05) is 25.1 Å². The van der Waals surface area contributed by atoms with Crippen molar-refractivity contribution in [1.29, 1.82) is 0 Å². The molecule has 0 bridgehead atoms. The highest BCUT2D eigenvalue weighted by Crippen LogP contribution is 2.42. The number of aliphatic hydroxyl groups is 1. The average Bonchev–Trinajstić information content (AvgIpc) is 2.33. The molecule has 4 nitrogen and oxygen atoms in total. The van der Waals surface area contributed by atoms with Crippen molar-refractivity contribution < 1.29 is 9.84 Å². The third-order valence-corrected chi connectivity index (χ3v) is 3.87. The van der Waals surface area contributed by atoms with E-state index in [1.165, 1.54) is 0 Å². The Kier molecular flexibility index (Phi) is 3.39. The molecule has 1 aromatic carbocycles. The van der Waals surface area contributed by atoms with Crippen LogP contribution in [0.5, 0.6) is 5.75 Å². The van der Waals surface area contributed by atoms with Gasteiger partial charge in [0.05, 0.1) is 18.4 Å². The molecule has 1 fully saturated rings. The van der Waals surface area contributed by atoms with E-state index in [4.69, 9.17) is 10.5 Å². The molecular formula is C14H22N2O2. The van der Waals surface area contributed by atoms with Gasteiger partial charge in [-0.05, 0) is 25.5 Å². The average molecular weight is 250 g/mol. The molecule has 0 radical (unpaired) electrons. The normalized spacial score (nSPS) is 25.3. The fraction of sp³-hybridized carbons (Fsp3) is 0.571. The van der Waals surface area contributed by atoms with Crippen molar-refractivity contribution in [3.63, 3.8) is 0 Å². The van der Waals surface area contributed by atoms with E-state index in [-0.39, 0.29) is 17.6 Å². The third-order valence-electron chi connectivity index (χ3n) is 3.87. The molecule has 100 valence electrons. The molecule has 18 heavy (non-hydrogen) atoms. The van der Waals surface area contributed by atoms with Crippen LogP contribution in [0.3, 0.4) is 0 Å². The van der Waals surface area contributed by atoms with Crippen molar-refractivity contribution in [3.05, 3.63) is 18.2 Å².